The average Bonchev–Trinajstić information content (AvgIpc) is 3.53. The summed E-state index contributed by atoms with van der Waals surface area (Å²) in [4.78, 5) is 12.3. The van der Waals surface area contributed by atoms with Crippen molar-refractivity contribution < 1.29 is 13.9 Å². The first-order valence-electron chi connectivity index (χ1n) is 10.5. The number of benzene rings is 2. The van der Waals surface area contributed by atoms with Crippen LogP contribution in [-0.4, -0.2) is 39.7 Å². The summed E-state index contributed by atoms with van der Waals surface area (Å²) in [5.74, 6) is 2.02. The molecule has 0 radical (unpaired) electrons. The number of allylic oxidation sites excluding steroid dienone is 1. The molecule has 0 saturated heterocycles. The lowest BCUT2D eigenvalue weighted by Gasteiger charge is -2.11. The SMILES string of the molecule is COc1ccc(-c2nnc(SCC(=O)N/N=C/C=C/c3ccco3)n2-c2ccc(C)cc2)cc1. The maximum atomic E-state index is 12.3. The summed E-state index contributed by atoms with van der Waals surface area (Å²) in [6.07, 6.45) is 6.50. The average molecular weight is 474 g/mol. The number of thioether (sulfide) groups is 1. The van der Waals surface area contributed by atoms with E-state index in [1.54, 1.807) is 31.6 Å². The zero-order chi connectivity index (χ0) is 23.8. The minimum atomic E-state index is -0.253. The molecule has 0 aliphatic carbocycles. The summed E-state index contributed by atoms with van der Waals surface area (Å²) < 4.78 is 12.4. The van der Waals surface area contributed by atoms with E-state index in [-0.39, 0.29) is 11.7 Å². The van der Waals surface area contributed by atoms with E-state index in [1.165, 1.54) is 18.0 Å². The first-order chi connectivity index (χ1) is 16.6. The van der Waals surface area contributed by atoms with E-state index in [0.29, 0.717) is 16.7 Å². The monoisotopic (exact) mass is 473 g/mol. The molecule has 1 N–H and O–H groups in total. The topological polar surface area (TPSA) is 94.5 Å². The summed E-state index contributed by atoms with van der Waals surface area (Å²) in [5.41, 5.74) is 5.45. The summed E-state index contributed by atoms with van der Waals surface area (Å²) in [6.45, 7) is 2.03. The lowest BCUT2D eigenvalue weighted by molar-refractivity contribution is -0.118. The van der Waals surface area contributed by atoms with Crippen molar-refractivity contribution in [3.05, 3.63) is 84.3 Å². The molecule has 0 saturated carbocycles. The van der Waals surface area contributed by atoms with E-state index in [9.17, 15) is 4.79 Å². The summed E-state index contributed by atoms with van der Waals surface area (Å²) in [6, 6.07) is 19.3. The van der Waals surface area contributed by atoms with Crippen LogP contribution in [0.5, 0.6) is 5.75 Å². The minimum absolute atomic E-state index is 0.131. The number of rotatable bonds is 9. The number of amides is 1. The molecule has 2 heterocycles. The third-order valence-corrected chi connectivity index (χ3v) is 5.69. The largest absolute Gasteiger partial charge is 0.497 e. The predicted molar refractivity (Wildman–Crippen MR) is 133 cm³/mol. The fourth-order valence-electron chi connectivity index (χ4n) is 3.06. The molecule has 0 spiro atoms. The smallest absolute Gasteiger partial charge is 0.250 e. The van der Waals surface area contributed by atoms with Crippen LogP contribution in [0, 0.1) is 6.92 Å². The fourth-order valence-corrected chi connectivity index (χ4v) is 3.80. The van der Waals surface area contributed by atoms with Gasteiger partial charge < -0.3 is 9.15 Å². The molecule has 0 unspecified atom stereocenters. The van der Waals surface area contributed by atoms with Gasteiger partial charge in [0.25, 0.3) is 5.91 Å². The highest BCUT2D eigenvalue weighted by Crippen LogP contribution is 2.29. The Morgan fingerprint density at radius 1 is 1.15 bits per heavy atom. The molecule has 0 atom stereocenters. The number of ether oxygens (including phenoxy) is 1. The van der Waals surface area contributed by atoms with Gasteiger partial charge in [-0.2, -0.15) is 5.10 Å². The lowest BCUT2D eigenvalue weighted by Crippen LogP contribution is -2.19. The number of aromatic nitrogens is 3. The van der Waals surface area contributed by atoms with Crippen molar-refractivity contribution in [3.63, 3.8) is 0 Å². The number of nitrogens with zero attached hydrogens (tertiary/aromatic N) is 4. The third-order valence-electron chi connectivity index (χ3n) is 4.76. The Bertz CT molecular complexity index is 1280. The van der Waals surface area contributed by atoms with Crippen molar-refractivity contribution in [2.75, 3.05) is 12.9 Å². The normalized spacial score (nSPS) is 11.4. The Morgan fingerprint density at radius 2 is 1.94 bits per heavy atom. The van der Waals surface area contributed by atoms with E-state index >= 15 is 0 Å². The second-order valence-corrected chi connectivity index (χ2v) is 8.12. The van der Waals surface area contributed by atoms with Crippen molar-refractivity contribution in [2.45, 2.75) is 12.1 Å². The molecule has 172 valence electrons. The Kier molecular flexibility index (Phi) is 7.56. The highest BCUT2D eigenvalue weighted by atomic mass is 32.2. The molecule has 0 aliphatic rings. The van der Waals surface area contributed by atoms with Gasteiger partial charge in [0.2, 0.25) is 0 Å². The van der Waals surface area contributed by atoms with Crippen molar-refractivity contribution in [3.8, 4) is 22.8 Å². The van der Waals surface area contributed by atoms with Crippen LogP contribution in [0.4, 0.5) is 0 Å². The molecule has 0 fully saturated rings. The first kappa shape index (κ1) is 23.1. The van der Waals surface area contributed by atoms with Crippen LogP contribution in [0.3, 0.4) is 0 Å². The molecule has 1 amide bonds. The maximum absolute atomic E-state index is 12.3. The Balaban J connectivity index is 1.48. The fraction of sp³-hybridized carbons (Fsp3) is 0.120. The van der Waals surface area contributed by atoms with Gasteiger partial charge in [0.15, 0.2) is 11.0 Å². The second-order valence-electron chi connectivity index (χ2n) is 7.18. The summed E-state index contributed by atoms with van der Waals surface area (Å²) in [7, 11) is 1.63. The number of hydrogen-bond donors (Lipinski definition) is 1. The highest BCUT2D eigenvalue weighted by molar-refractivity contribution is 7.99. The molecular formula is C25H23N5O3S. The molecule has 0 aliphatic heterocycles. The Morgan fingerprint density at radius 3 is 2.65 bits per heavy atom. The van der Waals surface area contributed by atoms with E-state index in [1.807, 2.05) is 66.1 Å². The first-order valence-corrected chi connectivity index (χ1v) is 11.4. The number of hydrogen-bond acceptors (Lipinski definition) is 7. The third kappa shape index (κ3) is 5.81. The van der Waals surface area contributed by atoms with Crippen LogP contribution in [0.1, 0.15) is 11.3 Å². The molecular weight excluding hydrogens is 450 g/mol. The second kappa shape index (κ2) is 11.2. The number of furan rings is 1. The van der Waals surface area contributed by atoms with Crippen molar-refractivity contribution >= 4 is 30.0 Å². The van der Waals surface area contributed by atoms with E-state index < -0.39 is 0 Å². The summed E-state index contributed by atoms with van der Waals surface area (Å²) in [5, 5.41) is 13.3. The van der Waals surface area contributed by atoms with Gasteiger partial charge in [-0.3, -0.25) is 9.36 Å². The standard InChI is InChI=1S/C25H23N5O3S/c1-18-7-11-20(12-8-18)30-24(19-9-13-21(32-2)14-10-19)28-29-25(30)34-17-23(31)27-26-15-3-5-22-6-4-16-33-22/h3-16H,17H2,1-2H3,(H,27,31)/b5-3+,26-15+. The van der Waals surface area contributed by atoms with Crippen LogP contribution in [0.15, 0.2) is 87.7 Å². The summed E-state index contributed by atoms with van der Waals surface area (Å²) >= 11 is 1.28. The van der Waals surface area contributed by atoms with Gasteiger partial charge in [-0.25, -0.2) is 5.43 Å². The lowest BCUT2D eigenvalue weighted by atomic mass is 10.2. The van der Waals surface area contributed by atoms with Gasteiger partial charge in [-0.1, -0.05) is 29.5 Å². The van der Waals surface area contributed by atoms with Gasteiger partial charge in [0, 0.05) is 17.5 Å². The van der Waals surface area contributed by atoms with Gasteiger partial charge in [-0.15, -0.1) is 10.2 Å². The van der Waals surface area contributed by atoms with E-state index in [2.05, 4.69) is 20.7 Å². The Labute approximate surface area is 201 Å². The molecule has 4 aromatic rings. The van der Waals surface area contributed by atoms with Gasteiger partial charge >= 0.3 is 0 Å². The predicted octanol–water partition coefficient (Wildman–Crippen LogP) is 4.75. The van der Waals surface area contributed by atoms with Gasteiger partial charge in [-0.05, 0) is 67.6 Å². The van der Waals surface area contributed by atoms with Crippen LogP contribution in [0.2, 0.25) is 0 Å². The van der Waals surface area contributed by atoms with Crippen molar-refractivity contribution in [2.24, 2.45) is 5.10 Å². The van der Waals surface area contributed by atoms with Crippen LogP contribution in [0.25, 0.3) is 23.2 Å². The molecule has 2 aromatic heterocycles. The van der Waals surface area contributed by atoms with Crippen LogP contribution >= 0.6 is 11.8 Å². The minimum Gasteiger partial charge on any atom is -0.497 e. The number of aryl methyl sites for hydroxylation is 1. The number of carbonyl (C=O) groups excluding carboxylic acids is 1. The van der Waals surface area contributed by atoms with E-state index in [4.69, 9.17) is 9.15 Å². The highest BCUT2D eigenvalue weighted by Gasteiger charge is 2.17. The van der Waals surface area contributed by atoms with Crippen molar-refractivity contribution in [1.29, 1.82) is 0 Å². The zero-order valence-corrected chi connectivity index (χ0v) is 19.5. The van der Waals surface area contributed by atoms with Crippen LogP contribution in [-0.2, 0) is 4.79 Å². The maximum Gasteiger partial charge on any atom is 0.250 e. The van der Waals surface area contributed by atoms with Gasteiger partial charge in [0.1, 0.15) is 11.5 Å². The van der Waals surface area contributed by atoms with Gasteiger partial charge in [0.05, 0.1) is 19.1 Å². The molecule has 2 aromatic carbocycles. The number of methoxy groups -OCH3 is 1. The Hall–Kier alpha value is -4.11. The molecule has 8 nitrogen and oxygen atoms in total. The van der Waals surface area contributed by atoms with Crippen molar-refractivity contribution in [1.82, 2.24) is 20.2 Å². The molecule has 0 bridgehead atoms. The molecule has 34 heavy (non-hydrogen) atoms. The number of carbonyl (C=O) groups is 1. The van der Waals surface area contributed by atoms with E-state index in [0.717, 1.165) is 22.6 Å². The number of hydrazone groups is 1. The zero-order valence-electron chi connectivity index (χ0n) is 18.7. The molecule has 4 rings (SSSR count). The molecule has 9 heteroatoms. The van der Waals surface area contributed by atoms with Crippen LogP contribution < -0.4 is 10.2 Å². The number of nitrogens with one attached hydrogen (secondary N) is 1. The quantitative estimate of drug-likeness (QED) is 0.214.